The fraction of sp³-hybridized carbons (Fsp3) is 0.500. The molecular weight excluding hydrogens is 364 g/mol. The van der Waals surface area contributed by atoms with Crippen molar-refractivity contribution in [2.75, 3.05) is 33.2 Å². The Morgan fingerprint density at radius 3 is 2.60 bits per heavy atom. The Balaban J connectivity index is 0.00000225. The quantitative estimate of drug-likeness (QED) is 0.740. The highest BCUT2D eigenvalue weighted by atomic mass is 35.5. The molecule has 2 aliphatic rings. The van der Waals surface area contributed by atoms with Gasteiger partial charge in [-0.1, -0.05) is 12.1 Å². The Morgan fingerprint density at radius 2 is 1.92 bits per heavy atom. The highest BCUT2D eigenvalue weighted by Gasteiger charge is 2.34. The fourth-order valence-electron chi connectivity index (χ4n) is 3.13. The van der Waals surface area contributed by atoms with Gasteiger partial charge in [0.05, 0.1) is 0 Å². The molecule has 1 saturated heterocycles. The molecule has 0 radical (unpaired) electrons. The summed E-state index contributed by atoms with van der Waals surface area (Å²) in [5.74, 6) is 0.567. The number of nitrogens with one attached hydrogen (secondary N) is 2. The van der Waals surface area contributed by atoms with E-state index in [-0.39, 0.29) is 29.1 Å². The van der Waals surface area contributed by atoms with Gasteiger partial charge in [-0.15, -0.1) is 16.8 Å². The number of benzene rings is 1. The molecule has 0 spiro atoms. The first-order valence-electron chi connectivity index (χ1n) is 8.14. The minimum atomic E-state index is -3.59. The number of amides is 1. The first kappa shape index (κ1) is 19.7. The van der Waals surface area contributed by atoms with Crippen molar-refractivity contribution >= 4 is 34.2 Å². The number of carbonyl (C=O) groups excluding carboxylic acids is 1. The van der Waals surface area contributed by atoms with Gasteiger partial charge in [0.15, 0.2) is 5.84 Å². The van der Waals surface area contributed by atoms with Gasteiger partial charge < -0.3 is 15.5 Å². The number of fused-ring (bicyclic) bond motifs is 1. The van der Waals surface area contributed by atoms with Crippen LogP contribution in [0.2, 0.25) is 0 Å². The molecule has 2 aliphatic heterocycles. The van der Waals surface area contributed by atoms with Crippen LogP contribution in [0.15, 0.2) is 33.6 Å². The monoisotopic (exact) mass is 386 g/mol. The molecule has 138 valence electrons. The third-order valence-corrected chi connectivity index (χ3v) is 5.78. The molecule has 0 unspecified atom stereocenters. The number of likely N-dealkylation sites (tertiary alicyclic amines) is 1. The zero-order valence-corrected chi connectivity index (χ0v) is 15.7. The molecule has 2 N–H and O–H groups in total. The largest absolute Gasteiger partial charge is 0.355 e. The van der Waals surface area contributed by atoms with Crippen LogP contribution in [-0.4, -0.2) is 58.3 Å². The number of nitrogens with zero attached hydrogens (tertiary/aromatic N) is 2. The summed E-state index contributed by atoms with van der Waals surface area (Å²) in [6, 6.07) is 6.89. The van der Waals surface area contributed by atoms with E-state index in [1.807, 2.05) is 18.0 Å². The van der Waals surface area contributed by atoms with Gasteiger partial charge in [0, 0.05) is 37.7 Å². The lowest BCUT2D eigenvalue weighted by Gasteiger charge is -2.32. The van der Waals surface area contributed by atoms with E-state index < -0.39 is 10.0 Å². The first-order chi connectivity index (χ1) is 11.5. The maximum atomic E-state index is 12.1. The lowest BCUT2D eigenvalue weighted by Crippen LogP contribution is -2.43. The van der Waals surface area contributed by atoms with Crippen LogP contribution in [0.1, 0.15) is 18.4 Å². The molecule has 1 aromatic carbocycles. The van der Waals surface area contributed by atoms with Crippen molar-refractivity contribution in [1.29, 1.82) is 0 Å². The maximum absolute atomic E-state index is 12.1. The molecule has 25 heavy (non-hydrogen) atoms. The second-order valence-corrected chi connectivity index (χ2v) is 7.61. The summed E-state index contributed by atoms with van der Waals surface area (Å²) in [7, 11) is -1.74. The van der Waals surface area contributed by atoms with Gasteiger partial charge in [0.1, 0.15) is 4.90 Å². The van der Waals surface area contributed by atoms with Crippen LogP contribution in [0.5, 0.6) is 0 Å². The van der Waals surface area contributed by atoms with Gasteiger partial charge >= 0.3 is 0 Å². The van der Waals surface area contributed by atoms with Crippen molar-refractivity contribution in [2.45, 2.75) is 17.7 Å². The van der Waals surface area contributed by atoms with E-state index in [2.05, 4.69) is 15.0 Å². The smallest absolute Gasteiger partial charge is 0.285 e. The standard InChI is InChI=1S/C16H22N4O3S.ClH/c1-17-8-9-18-16(21)12-6-10-20(11-7-12)15-13-4-2-3-5-14(13)24(22,23)19-15;/h2-5,12,17H,6-11H2,1H3,(H,18,21);1H. The third-order valence-electron chi connectivity index (χ3n) is 4.45. The van der Waals surface area contributed by atoms with Crippen molar-refractivity contribution in [3.63, 3.8) is 0 Å². The maximum Gasteiger partial charge on any atom is 0.285 e. The number of halogens is 1. The van der Waals surface area contributed by atoms with E-state index in [0.29, 0.717) is 43.9 Å². The first-order valence-corrected chi connectivity index (χ1v) is 9.58. The fourth-order valence-corrected chi connectivity index (χ4v) is 4.35. The van der Waals surface area contributed by atoms with E-state index in [4.69, 9.17) is 0 Å². The second kappa shape index (κ2) is 8.16. The number of likely N-dealkylation sites (N-methyl/N-ethyl adjacent to an activating group) is 1. The molecular formula is C16H23ClN4O3S. The predicted molar refractivity (Wildman–Crippen MR) is 98.6 cm³/mol. The van der Waals surface area contributed by atoms with Gasteiger partial charge in [0.25, 0.3) is 10.0 Å². The summed E-state index contributed by atoms with van der Waals surface area (Å²) in [5.41, 5.74) is 0.662. The summed E-state index contributed by atoms with van der Waals surface area (Å²) < 4.78 is 28.2. The molecule has 0 aromatic heterocycles. The Hall–Kier alpha value is -1.64. The normalized spacial score (nSPS) is 18.9. The van der Waals surface area contributed by atoms with Crippen LogP contribution < -0.4 is 10.6 Å². The molecule has 1 fully saturated rings. The van der Waals surface area contributed by atoms with Crippen molar-refractivity contribution in [1.82, 2.24) is 15.5 Å². The lowest BCUT2D eigenvalue weighted by molar-refractivity contribution is -0.126. The van der Waals surface area contributed by atoms with E-state index in [1.165, 1.54) is 0 Å². The Bertz CT molecular complexity index is 758. The van der Waals surface area contributed by atoms with Crippen LogP contribution in [0.3, 0.4) is 0 Å². The number of piperidine rings is 1. The Labute approximate surface area is 154 Å². The lowest BCUT2D eigenvalue weighted by atomic mass is 9.95. The molecule has 0 saturated carbocycles. The van der Waals surface area contributed by atoms with Crippen LogP contribution in [0, 0.1) is 5.92 Å². The minimum Gasteiger partial charge on any atom is -0.355 e. The highest BCUT2D eigenvalue weighted by Crippen LogP contribution is 2.29. The van der Waals surface area contributed by atoms with Crippen LogP contribution in [0.4, 0.5) is 0 Å². The predicted octanol–water partition coefficient (Wildman–Crippen LogP) is 0.605. The summed E-state index contributed by atoms with van der Waals surface area (Å²) in [6.45, 7) is 2.63. The number of hydrogen-bond acceptors (Lipinski definition) is 5. The van der Waals surface area contributed by atoms with Crippen LogP contribution in [-0.2, 0) is 14.8 Å². The number of carbonyl (C=O) groups is 1. The molecule has 0 bridgehead atoms. The molecule has 1 amide bonds. The topological polar surface area (TPSA) is 90.9 Å². The van der Waals surface area contributed by atoms with Gasteiger partial charge in [-0.2, -0.15) is 8.42 Å². The van der Waals surface area contributed by atoms with E-state index in [0.717, 1.165) is 6.54 Å². The average molecular weight is 387 g/mol. The van der Waals surface area contributed by atoms with Crippen LogP contribution in [0.25, 0.3) is 0 Å². The summed E-state index contributed by atoms with van der Waals surface area (Å²) >= 11 is 0. The summed E-state index contributed by atoms with van der Waals surface area (Å²) in [4.78, 5) is 14.4. The molecule has 9 heteroatoms. The highest BCUT2D eigenvalue weighted by molar-refractivity contribution is 7.90. The van der Waals surface area contributed by atoms with Crippen molar-refractivity contribution < 1.29 is 13.2 Å². The van der Waals surface area contributed by atoms with Crippen molar-refractivity contribution in [3.8, 4) is 0 Å². The Kier molecular flexibility index (Phi) is 6.42. The zero-order valence-electron chi connectivity index (χ0n) is 14.1. The molecule has 1 aromatic rings. The van der Waals surface area contributed by atoms with Gasteiger partial charge in [-0.05, 0) is 32.0 Å². The summed E-state index contributed by atoms with van der Waals surface area (Å²) in [6.07, 6.45) is 1.40. The molecule has 0 aliphatic carbocycles. The molecule has 7 nitrogen and oxygen atoms in total. The number of rotatable bonds is 4. The van der Waals surface area contributed by atoms with Gasteiger partial charge in [0.2, 0.25) is 5.91 Å². The number of hydrogen-bond donors (Lipinski definition) is 2. The Morgan fingerprint density at radius 1 is 1.24 bits per heavy atom. The van der Waals surface area contributed by atoms with Crippen molar-refractivity contribution in [2.24, 2.45) is 10.3 Å². The molecule has 0 atom stereocenters. The van der Waals surface area contributed by atoms with E-state index >= 15 is 0 Å². The molecule has 3 rings (SSSR count). The van der Waals surface area contributed by atoms with Gasteiger partial charge in [-0.3, -0.25) is 4.79 Å². The second-order valence-electron chi connectivity index (χ2n) is 6.04. The van der Waals surface area contributed by atoms with Crippen molar-refractivity contribution in [3.05, 3.63) is 29.8 Å². The van der Waals surface area contributed by atoms with E-state index in [9.17, 15) is 13.2 Å². The SMILES string of the molecule is CNCCNC(=O)C1CCN(C2=NS(=O)(=O)c3ccccc32)CC1.Cl. The average Bonchev–Trinajstić information content (AvgIpc) is 2.87. The zero-order chi connectivity index (χ0) is 17.2. The number of sulfonamides is 1. The van der Waals surface area contributed by atoms with Crippen LogP contribution >= 0.6 is 12.4 Å². The summed E-state index contributed by atoms with van der Waals surface area (Å²) in [5, 5.41) is 5.91. The number of amidine groups is 1. The van der Waals surface area contributed by atoms with E-state index in [1.54, 1.807) is 18.2 Å². The van der Waals surface area contributed by atoms with Gasteiger partial charge in [-0.25, -0.2) is 0 Å². The molecule has 2 heterocycles. The third kappa shape index (κ3) is 4.13. The minimum absolute atomic E-state index is 0.